The van der Waals surface area contributed by atoms with Gasteiger partial charge in [-0.25, -0.2) is 0 Å². The summed E-state index contributed by atoms with van der Waals surface area (Å²) in [7, 11) is 0. The number of carbonyl (C=O) groups excluding carboxylic acids is 1. The van der Waals surface area contributed by atoms with Crippen LogP contribution >= 0.6 is 0 Å². The van der Waals surface area contributed by atoms with Gasteiger partial charge in [-0.1, -0.05) is 0 Å². The molecular weight excluding hydrogens is 192 g/mol. The Balaban J connectivity index is 2.74. The molecule has 0 radical (unpaired) electrons. The van der Waals surface area contributed by atoms with E-state index in [-0.39, 0.29) is 5.92 Å². The Morgan fingerprint density at radius 2 is 2.40 bits per heavy atom. The summed E-state index contributed by atoms with van der Waals surface area (Å²) in [6, 6.07) is 5.54. The lowest BCUT2D eigenvalue weighted by Crippen LogP contribution is -2.27. The van der Waals surface area contributed by atoms with Crippen LogP contribution in [0, 0.1) is 17.2 Å². The van der Waals surface area contributed by atoms with Crippen molar-refractivity contribution in [2.75, 3.05) is 18.0 Å². The molecule has 0 aromatic carbocycles. The third-order valence-electron chi connectivity index (χ3n) is 2.14. The summed E-state index contributed by atoms with van der Waals surface area (Å²) in [5.74, 6) is 0.893. The average molecular weight is 206 g/mol. The summed E-state index contributed by atoms with van der Waals surface area (Å²) in [4.78, 5) is 12.4. The Kier molecular flexibility index (Phi) is 3.92. The highest BCUT2D eigenvalue weighted by Crippen LogP contribution is 2.18. The van der Waals surface area contributed by atoms with Crippen molar-refractivity contribution in [3.8, 4) is 6.07 Å². The second kappa shape index (κ2) is 5.20. The van der Waals surface area contributed by atoms with Crippen LogP contribution in [0.4, 0.5) is 5.88 Å². The van der Waals surface area contributed by atoms with Crippen LogP contribution in [0.3, 0.4) is 0 Å². The highest BCUT2D eigenvalue weighted by molar-refractivity contribution is 5.71. The fourth-order valence-electron chi connectivity index (χ4n) is 1.32. The molecule has 0 fully saturated rings. The molecule has 1 atom stereocenters. The predicted octanol–water partition coefficient (Wildman–Crippen LogP) is 2.08. The highest BCUT2D eigenvalue weighted by Gasteiger charge is 2.12. The second-order valence-electron chi connectivity index (χ2n) is 3.36. The molecule has 4 nitrogen and oxygen atoms in total. The van der Waals surface area contributed by atoms with Crippen LogP contribution in [0.1, 0.15) is 24.4 Å². The van der Waals surface area contributed by atoms with Crippen LogP contribution < -0.4 is 4.90 Å². The van der Waals surface area contributed by atoms with Gasteiger partial charge in [-0.05, 0) is 19.9 Å². The Morgan fingerprint density at radius 3 is 2.87 bits per heavy atom. The van der Waals surface area contributed by atoms with E-state index in [0.29, 0.717) is 24.5 Å². The monoisotopic (exact) mass is 206 g/mol. The van der Waals surface area contributed by atoms with Crippen molar-refractivity contribution in [3.05, 3.63) is 17.9 Å². The minimum Gasteiger partial charge on any atom is -0.438 e. The summed E-state index contributed by atoms with van der Waals surface area (Å²) >= 11 is 0. The van der Waals surface area contributed by atoms with E-state index < -0.39 is 0 Å². The summed E-state index contributed by atoms with van der Waals surface area (Å²) in [5, 5.41) is 8.71. The molecule has 4 heteroatoms. The van der Waals surface area contributed by atoms with Gasteiger partial charge in [0.1, 0.15) is 0 Å². The van der Waals surface area contributed by atoms with Gasteiger partial charge in [0.05, 0.1) is 12.0 Å². The Labute approximate surface area is 89.1 Å². The molecule has 80 valence electrons. The maximum atomic E-state index is 10.4. The first-order valence-corrected chi connectivity index (χ1v) is 4.90. The summed E-state index contributed by atoms with van der Waals surface area (Å²) in [5.41, 5.74) is 0. The Bertz CT molecular complexity index is 365. The molecule has 0 N–H and O–H groups in total. The molecule has 0 aliphatic rings. The van der Waals surface area contributed by atoms with E-state index in [1.807, 2.05) is 18.7 Å². The van der Waals surface area contributed by atoms with Gasteiger partial charge in [0.25, 0.3) is 0 Å². The van der Waals surface area contributed by atoms with E-state index >= 15 is 0 Å². The first-order valence-electron chi connectivity index (χ1n) is 4.90. The van der Waals surface area contributed by atoms with E-state index in [0.717, 1.165) is 6.54 Å². The molecular formula is C11H14N2O2. The zero-order chi connectivity index (χ0) is 11.3. The average Bonchev–Trinajstić information content (AvgIpc) is 2.73. The second-order valence-corrected chi connectivity index (χ2v) is 3.36. The van der Waals surface area contributed by atoms with Gasteiger partial charge in [-0.2, -0.15) is 5.26 Å². The normalized spacial score (nSPS) is 11.8. The van der Waals surface area contributed by atoms with Gasteiger partial charge < -0.3 is 9.32 Å². The van der Waals surface area contributed by atoms with Gasteiger partial charge in [0.15, 0.2) is 17.9 Å². The van der Waals surface area contributed by atoms with Crippen LogP contribution in [0.25, 0.3) is 0 Å². The number of anilines is 1. The van der Waals surface area contributed by atoms with E-state index in [4.69, 9.17) is 9.68 Å². The first-order chi connectivity index (χ1) is 7.21. The van der Waals surface area contributed by atoms with Crippen molar-refractivity contribution in [2.45, 2.75) is 13.8 Å². The summed E-state index contributed by atoms with van der Waals surface area (Å²) < 4.78 is 5.28. The van der Waals surface area contributed by atoms with E-state index in [2.05, 4.69) is 6.07 Å². The topological polar surface area (TPSA) is 57.2 Å². The fraction of sp³-hybridized carbons (Fsp3) is 0.455. The molecule has 1 aromatic rings. The number of hydrogen-bond acceptors (Lipinski definition) is 4. The molecule has 0 saturated carbocycles. The maximum Gasteiger partial charge on any atom is 0.196 e. The number of carbonyl (C=O) groups is 1. The predicted molar refractivity (Wildman–Crippen MR) is 56.8 cm³/mol. The summed E-state index contributed by atoms with van der Waals surface area (Å²) in [6.07, 6.45) is 0.672. The van der Waals surface area contributed by atoms with Crippen molar-refractivity contribution >= 4 is 12.2 Å². The molecule has 1 unspecified atom stereocenters. The number of aldehydes is 1. The van der Waals surface area contributed by atoms with Gasteiger partial charge in [-0.15, -0.1) is 0 Å². The number of rotatable bonds is 5. The maximum absolute atomic E-state index is 10.4. The zero-order valence-electron chi connectivity index (χ0n) is 8.93. The lowest BCUT2D eigenvalue weighted by atomic mass is 10.2. The first kappa shape index (κ1) is 11.3. The zero-order valence-corrected chi connectivity index (χ0v) is 8.93. The molecule has 0 aliphatic carbocycles. The fourth-order valence-corrected chi connectivity index (χ4v) is 1.32. The molecule has 0 saturated heterocycles. The number of furan rings is 1. The SMILES string of the molecule is CCN(CC(C)C#N)c1ccc(C=O)o1. The highest BCUT2D eigenvalue weighted by atomic mass is 16.4. The number of hydrogen-bond donors (Lipinski definition) is 0. The molecule has 1 rings (SSSR count). The van der Waals surface area contributed by atoms with Crippen molar-refractivity contribution < 1.29 is 9.21 Å². The third kappa shape index (κ3) is 2.84. The van der Waals surface area contributed by atoms with Crippen molar-refractivity contribution in [3.63, 3.8) is 0 Å². The number of nitrogens with zero attached hydrogens (tertiary/aromatic N) is 2. The van der Waals surface area contributed by atoms with Crippen molar-refractivity contribution in [1.29, 1.82) is 5.26 Å². The van der Waals surface area contributed by atoms with Crippen molar-refractivity contribution in [1.82, 2.24) is 0 Å². The molecule has 0 spiro atoms. The largest absolute Gasteiger partial charge is 0.438 e. The van der Waals surface area contributed by atoms with Gasteiger partial charge in [0, 0.05) is 19.2 Å². The molecule has 0 aliphatic heterocycles. The van der Waals surface area contributed by atoms with Crippen molar-refractivity contribution in [2.24, 2.45) is 5.92 Å². The lowest BCUT2D eigenvalue weighted by molar-refractivity contribution is 0.110. The van der Waals surface area contributed by atoms with Gasteiger partial charge in [0.2, 0.25) is 0 Å². The quantitative estimate of drug-likeness (QED) is 0.692. The van der Waals surface area contributed by atoms with Crippen LogP contribution in [-0.4, -0.2) is 19.4 Å². The standard InChI is InChI=1S/C11H14N2O2/c1-3-13(7-9(2)6-12)11-5-4-10(8-14)15-11/h4-5,8-9H,3,7H2,1-2H3. The van der Waals surface area contributed by atoms with Gasteiger partial charge in [-0.3, -0.25) is 4.79 Å². The van der Waals surface area contributed by atoms with E-state index in [1.165, 1.54) is 0 Å². The number of nitriles is 1. The third-order valence-corrected chi connectivity index (χ3v) is 2.14. The van der Waals surface area contributed by atoms with Crippen LogP contribution in [0.15, 0.2) is 16.5 Å². The minimum absolute atomic E-state index is 0.0604. The molecule has 0 bridgehead atoms. The molecule has 1 heterocycles. The van der Waals surface area contributed by atoms with E-state index in [1.54, 1.807) is 12.1 Å². The molecule has 15 heavy (non-hydrogen) atoms. The Morgan fingerprint density at radius 1 is 1.67 bits per heavy atom. The van der Waals surface area contributed by atoms with Gasteiger partial charge >= 0.3 is 0 Å². The van der Waals surface area contributed by atoms with Crippen LogP contribution in [0.2, 0.25) is 0 Å². The smallest absolute Gasteiger partial charge is 0.196 e. The minimum atomic E-state index is -0.0604. The lowest BCUT2D eigenvalue weighted by Gasteiger charge is -2.20. The Hall–Kier alpha value is -1.76. The van der Waals surface area contributed by atoms with E-state index in [9.17, 15) is 4.79 Å². The molecule has 1 aromatic heterocycles. The summed E-state index contributed by atoms with van der Waals surface area (Å²) in [6.45, 7) is 5.19. The van der Waals surface area contributed by atoms with Crippen LogP contribution in [-0.2, 0) is 0 Å². The van der Waals surface area contributed by atoms with Crippen LogP contribution in [0.5, 0.6) is 0 Å². The molecule has 0 amide bonds.